The Morgan fingerprint density at radius 2 is 2.04 bits per heavy atom. The van der Waals surface area contributed by atoms with Crippen molar-refractivity contribution in [1.29, 1.82) is 0 Å². The van der Waals surface area contributed by atoms with Gasteiger partial charge >= 0.3 is 12.3 Å². The molecule has 0 aliphatic carbocycles. The van der Waals surface area contributed by atoms with Gasteiger partial charge in [-0.1, -0.05) is 11.6 Å². The number of carbonyl (C=O) groups excluding carboxylic acids is 1. The highest BCUT2D eigenvalue weighted by Crippen LogP contribution is 2.34. The molecule has 1 atom stereocenters. The SMILES string of the molecule is CN(C(=O)OC(C)(C)C)C1CCCN(c2ncc(C(F)(F)F)cc2Cl)C1. The standard InChI is InChI=1S/C17H23ClF3N3O2/c1-16(2,3)26-15(25)23(4)12-6-5-7-24(10-12)14-13(18)8-11(9-22-14)17(19,20)21/h8-9,12H,5-7,10H2,1-4H3. The second kappa shape index (κ2) is 7.50. The first-order chi connectivity index (χ1) is 11.9. The lowest BCUT2D eigenvalue weighted by atomic mass is 10.0. The number of piperidine rings is 1. The van der Waals surface area contributed by atoms with E-state index >= 15 is 0 Å². The van der Waals surface area contributed by atoms with Crippen LogP contribution in [0.4, 0.5) is 23.8 Å². The number of halogens is 4. The minimum Gasteiger partial charge on any atom is -0.444 e. The van der Waals surface area contributed by atoms with Gasteiger partial charge in [-0.3, -0.25) is 0 Å². The number of carbonyl (C=O) groups is 1. The molecule has 0 N–H and O–H groups in total. The van der Waals surface area contributed by atoms with E-state index in [1.807, 2.05) is 0 Å². The number of hydrogen-bond acceptors (Lipinski definition) is 4. The molecule has 0 aromatic carbocycles. The number of nitrogens with zero attached hydrogens (tertiary/aromatic N) is 3. The van der Waals surface area contributed by atoms with Crippen LogP contribution in [0.5, 0.6) is 0 Å². The largest absolute Gasteiger partial charge is 0.444 e. The van der Waals surface area contributed by atoms with Crippen LogP contribution < -0.4 is 4.90 Å². The molecule has 1 amide bonds. The third kappa shape index (κ3) is 5.16. The maximum absolute atomic E-state index is 12.8. The molecule has 0 radical (unpaired) electrons. The van der Waals surface area contributed by atoms with E-state index in [0.29, 0.717) is 18.9 Å². The molecule has 1 fully saturated rings. The Morgan fingerprint density at radius 1 is 1.38 bits per heavy atom. The average Bonchev–Trinajstić information content (AvgIpc) is 2.51. The molecule has 1 aromatic rings. The lowest BCUT2D eigenvalue weighted by Gasteiger charge is -2.38. The fraction of sp³-hybridized carbons (Fsp3) is 0.647. The van der Waals surface area contributed by atoms with E-state index in [0.717, 1.165) is 25.1 Å². The minimum absolute atomic E-state index is 0.0552. The van der Waals surface area contributed by atoms with Crippen molar-refractivity contribution in [2.45, 2.75) is 51.4 Å². The maximum Gasteiger partial charge on any atom is 0.417 e. The summed E-state index contributed by atoms with van der Waals surface area (Å²) in [7, 11) is 1.66. The fourth-order valence-electron chi connectivity index (χ4n) is 2.76. The number of alkyl halides is 3. The summed E-state index contributed by atoms with van der Waals surface area (Å²) in [6.45, 7) is 6.40. The number of rotatable bonds is 2. The molecule has 0 bridgehead atoms. The first-order valence-electron chi connectivity index (χ1n) is 8.32. The Labute approximate surface area is 156 Å². The van der Waals surface area contributed by atoms with E-state index in [-0.39, 0.29) is 11.1 Å². The number of aromatic nitrogens is 1. The second-order valence-corrected chi connectivity index (χ2v) is 7.77. The van der Waals surface area contributed by atoms with Crippen LogP contribution in [0.1, 0.15) is 39.2 Å². The minimum atomic E-state index is -4.49. The van der Waals surface area contributed by atoms with Crippen molar-refractivity contribution in [3.8, 4) is 0 Å². The van der Waals surface area contributed by atoms with Crippen molar-refractivity contribution in [2.24, 2.45) is 0 Å². The van der Waals surface area contributed by atoms with Crippen LogP contribution in [-0.2, 0) is 10.9 Å². The predicted octanol–water partition coefficient (Wildman–Crippen LogP) is 4.59. The smallest absolute Gasteiger partial charge is 0.417 e. The second-order valence-electron chi connectivity index (χ2n) is 7.36. The lowest BCUT2D eigenvalue weighted by Crippen LogP contribution is -2.50. The number of ether oxygens (including phenoxy) is 1. The first-order valence-corrected chi connectivity index (χ1v) is 8.70. The molecule has 2 rings (SSSR count). The number of amides is 1. The third-order valence-corrected chi connectivity index (χ3v) is 4.35. The van der Waals surface area contributed by atoms with Gasteiger partial charge in [0.1, 0.15) is 11.4 Å². The van der Waals surface area contributed by atoms with Crippen molar-refractivity contribution < 1.29 is 22.7 Å². The molecule has 1 unspecified atom stereocenters. The third-order valence-electron chi connectivity index (χ3n) is 4.07. The summed E-state index contributed by atoms with van der Waals surface area (Å²) in [6.07, 6.45) is -2.61. The zero-order chi connectivity index (χ0) is 19.7. The van der Waals surface area contributed by atoms with Gasteiger partial charge in [0.05, 0.1) is 16.6 Å². The molecule has 1 aliphatic heterocycles. The van der Waals surface area contributed by atoms with Crippen molar-refractivity contribution in [1.82, 2.24) is 9.88 Å². The number of pyridine rings is 1. The molecule has 0 saturated carbocycles. The Kier molecular flexibility index (Phi) is 5.95. The van der Waals surface area contributed by atoms with E-state index < -0.39 is 23.4 Å². The summed E-state index contributed by atoms with van der Waals surface area (Å²) >= 11 is 6.04. The van der Waals surface area contributed by atoms with E-state index in [1.54, 1.807) is 32.7 Å². The van der Waals surface area contributed by atoms with Gasteiger partial charge in [-0.15, -0.1) is 0 Å². The molecular weight excluding hydrogens is 371 g/mol. The van der Waals surface area contributed by atoms with Crippen molar-refractivity contribution in [3.63, 3.8) is 0 Å². The molecule has 5 nitrogen and oxygen atoms in total. The molecular formula is C17H23ClF3N3O2. The molecule has 146 valence electrons. The summed E-state index contributed by atoms with van der Waals surface area (Å²) in [5.41, 5.74) is -1.48. The normalized spacial score (nSPS) is 18.6. The molecule has 26 heavy (non-hydrogen) atoms. The molecule has 1 aromatic heterocycles. The predicted molar refractivity (Wildman–Crippen MR) is 93.5 cm³/mol. The van der Waals surface area contributed by atoms with Crippen LogP contribution in [0.3, 0.4) is 0 Å². The van der Waals surface area contributed by atoms with Gasteiger partial charge in [0.2, 0.25) is 0 Å². The van der Waals surface area contributed by atoms with Gasteiger partial charge in [-0.2, -0.15) is 13.2 Å². The van der Waals surface area contributed by atoms with E-state index in [9.17, 15) is 18.0 Å². The van der Waals surface area contributed by atoms with Gasteiger partial charge in [-0.05, 0) is 39.7 Å². The average molecular weight is 394 g/mol. The van der Waals surface area contributed by atoms with Crippen LogP contribution in [0, 0.1) is 0 Å². The number of hydrogen-bond donors (Lipinski definition) is 0. The highest BCUT2D eigenvalue weighted by Gasteiger charge is 2.33. The van der Waals surface area contributed by atoms with Crippen LogP contribution in [0.25, 0.3) is 0 Å². The zero-order valence-electron chi connectivity index (χ0n) is 15.2. The van der Waals surface area contributed by atoms with Crippen LogP contribution in [0.2, 0.25) is 5.02 Å². The highest BCUT2D eigenvalue weighted by atomic mass is 35.5. The van der Waals surface area contributed by atoms with Crippen molar-refractivity contribution >= 4 is 23.5 Å². The van der Waals surface area contributed by atoms with Crippen LogP contribution >= 0.6 is 11.6 Å². The van der Waals surface area contributed by atoms with E-state index in [2.05, 4.69) is 4.98 Å². The molecule has 9 heteroatoms. The molecule has 2 heterocycles. The van der Waals surface area contributed by atoms with E-state index in [4.69, 9.17) is 16.3 Å². The van der Waals surface area contributed by atoms with Crippen molar-refractivity contribution in [3.05, 3.63) is 22.8 Å². The topological polar surface area (TPSA) is 45.7 Å². The monoisotopic (exact) mass is 393 g/mol. The molecule has 1 aliphatic rings. The zero-order valence-corrected chi connectivity index (χ0v) is 16.0. The Hall–Kier alpha value is -1.70. The van der Waals surface area contributed by atoms with Gasteiger partial charge in [-0.25, -0.2) is 9.78 Å². The van der Waals surface area contributed by atoms with Gasteiger partial charge in [0.15, 0.2) is 0 Å². The Balaban J connectivity index is 2.12. The van der Waals surface area contributed by atoms with Gasteiger partial charge < -0.3 is 14.5 Å². The summed E-state index contributed by atoms with van der Waals surface area (Å²) in [5, 5.41) is -0.0552. The summed E-state index contributed by atoms with van der Waals surface area (Å²) < 4.78 is 43.7. The summed E-state index contributed by atoms with van der Waals surface area (Å²) in [4.78, 5) is 19.5. The van der Waals surface area contributed by atoms with Crippen LogP contribution in [-0.4, -0.2) is 47.8 Å². The van der Waals surface area contributed by atoms with Crippen LogP contribution in [0.15, 0.2) is 12.3 Å². The number of likely N-dealkylation sites (N-methyl/N-ethyl adjacent to an activating group) is 1. The van der Waals surface area contributed by atoms with Gasteiger partial charge in [0.25, 0.3) is 0 Å². The first kappa shape index (κ1) is 20.6. The summed E-state index contributed by atoms with van der Waals surface area (Å²) in [6, 6.07) is 0.740. The van der Waals surface area contributed by atoms with Crippen molar-refractivity contribution in [2.75, 3.05) is 25.0 Å². The van der Waals surface area contributed by atoms with Gasteiger partial charge in [0, 0.05) is 26.3 Å². The Bertz CT molecular complexity index is 662. The Morgan fingerprint density at radius 3 is 2.58 bits per heavy atom. The lowest BCUT2D eigenvalue weighted by molar-refractivity contribution is -0.137. The van der Waals surface area contributed by atoms with E-state index in [1.165, 1.54) is 4.90 Å². The molecule has 1 saturated heterocycles. The maximum atomic E-state index is 12.8. The highest BCUT2D eigenvalue weighted by molar-refractivity contribution is 6.33. The molecule has 0 spiro atoms. The quantitative estimate of drug-likeness (QED) is 0.737. The number of anilines is 1. The summed E-state index contributed by atoms with van der Waals surface area (Å²) in [5.74, 6) is 0.293. The fourth-order valence-corrected chi connectivity index (χ4v) is 3.05.